The first kappa shape index (κ1) is 14.1. The van der Waals surface area contributed by atoms with Crippen LogP contribution in [0.15, 0.2) is 48.5 Å². The summed E-state index contributed by atoms with van der Waals surface area (Å²) in [7, 11) is 1.62. The van der Waals surface area contributed by atoms with Crippen LogP contribution in [-0.4, -0.2) is 28.9 Å². The number of hydrogen-bond donors (Lipinski definition) is 1. The van der Waals surface area contributed by atoms with Crippen molar-refractivity contribution in [3.8, 4) is 34.3 Å². The summed E-state index contributed by atoms with van der Waals surface area (Å²) in [6, 6.07) is 15.6. The largest absolute Gasteiger partial charge is 0.493 e. The van der Waals surface area contributed by atoms with Gasteiger partial charge in [0.15, 0.2) is 23.1 Å². The molecule has 5 heteroatoms. The van der Waals surface area contributed by atoms with Gasteiger partial charge in [0.2, 0.25) is 0 Å². The lowest BCUT2D eigenvalue weighted by molar-refractivity contribution is 0.311. The van der Waals surface area contributed by atoms with Gasteiger partial charge in [0.05, 0.1) is 13.7 Å². The van der Waals surface area contributed by atoms with Crippen LogP contribution in [0.2, 0.25) is 0 Å². The van der Waals surface area contributed by atoms with Crippen LogP contribution in [-0.2, 0) is 0 Å². The molecule has 112 valence electrons. The van der Waals surface area contributed by atoms with E-state index in [-0.39, 0.29) is 0 Å². The highest BCUT2D eigenvalue weighted by atomic mass is 16.5. The van der Waals surface area contributed by atoms with Gasteiger partial charge in [-0.3, -0.25) is 5.10 Å². The zero-order chi connectivity index (χ0) is 15.4. The van der Waals surface area contributed by atoms with Crippen LogP contribution in [0.4, 0.5) is 0 Å². The Balaban J connectivity index is 1.95. The fourth-order valence-corrected chi connectivity index (χ4v) is 2.20. The van der Waals surface area contributed by atoms with E-state index >= 15 is 0 Å². The number of rotatable bonds is 5. The Morgan fingerprint density at radius 2 is 1.82 bits per heavy atom. The molecule has 5 nitrogen and oxygen atoms in total. The normalized spacial score (nSPS) is 10.5. The molecule has 0 radical (unpaired) electrons. The van der Waals surface area contributed by atoms with Crippen LogP contribution >= 0.6 is 0 Å². The van der Waals surface area contributed by atoms with Gasteiger partial charge in [0.25, 0.3) is 0 Å². The molecule has 1 N–H and O–H groups in total. The third-order valence-electron chi connectivity index (χ3n) is 3.25. The molecule has 0 amide bonds. The van der Waals surface area contributed by atoms with Crippen molar-refractivity contribution in [2.24, 2.45) is 0 Å². The number of H-pyrrole nitrogens is 1. The van der Waals surface area contributed by atoms with Crippen LogP contribution in [0.3, 0.4) is 0 Å². The third kappa shape index (κ3) is 2.79. The van der Waals surface area contributed by atoms with E-state index in [0.29, 0.717) is 23.9 Å². The number of hydrogen-bond acceptors (Lipinski definition) is 4. The Kier molecular flexibility index (Phi) is 4.05. The second-order valence-electron chi connectivity index (χ2n) is 4.67. The Morgan fingerprint density at radius 3 is 2.55 bits per heavy atom. The first-order valence-electron chi connectivity index (χ1n) is 7.11. The van der Waals surface area contributed by atoms with Crippen molar-refractivity contribution in [2.45, 2.75) is 6.92 Å². The molecule has 22 heavy (non-hydrogen) atoms. The number of nitrogens with one attached hydrogen (secondary N) is 1. The predicted molar refractivity (Wildman–Crippen MR) is 85.0 cm³/mol. The fraction of sp³-hybridized carbons (Fsp3) is 0.176. The molecule has 0 saturated carbocycles. The Hall–Kier alpha value is -2.82. The monoisotopic (exact) mass is 295 g/mol. The van der Waals surface area contributed by atoms with Gasteiger partial charge in [-0.1, -0.05) is 30.3 Å². The van der Waals surface area contributed by atoms with Gasteiger partial charge < -0.3 is 9.47 Å². The summed E-state index contributed by atoms with van der Waals surface area (Å²) in [5.41, 5.74) is 1.88. The summed E-state index contributed by atoms with van der Waals surface area (Å²) in [5, 5.41) is 7.25. The lowest BCUT2D eigenvalue weighted by atomic mass is 10.2. The molecule has 0 fully saturated rings. The maximum Gasteiger partial charge on any atom is 0.181 e. The highest BCUT2D eigenvalue weighted by molar-refractivity contribution is 5.64. The average molecular weight is 295 g/mol. The van der Waals surface area contributed by atoms with E-state index in [2.05, 4.69) is 15.2 Å². The van der Waals surface area contributed by atoms with Crippen LogP contribution in [0.5, 0.6) is 11.5 Å². The number of nitrogens with zero attached hydrogens (tertiary/aromatic N) is 2. The quantitative estimate of drug-likeness (QED) is 0.782. The number of aromatic nitrogens is 3. The Bertz CT molecular complexity index is 754. The van der Waals surface area contributed by atoms with E-state index in [4.69, 9.17) is 9.47 Å². The zero-order valence-corrected chi connectivity index (χ0v) is 12.5. The summed E-state index contributed by atoms with van der Waals surface area (Å²) < 4.78 is 10.9. The summed E-state index contributed by atoms with van der Waals surface area (Å²) in [4.78, 5) is 4.54. The third-order valence-corrected chi connectivity index (χ3v) is 3.25. The number of benzene rings is 2. The van der Waals surface area contributed by atoms with Crippen molar-refractivity contribution in [3.05, 3.63) is 48.5 Å². The molecule has 0 aliphatic heterocycles. The standard InChI is InChI=1S/C17H17N3O2/c1-3-22-15-11-13(9-10-14(15)21-2)17-18-16(19-20-17)12-7-5-4-6-8-12/h4-11H,3H2,1-2H3,(H,18,19,20). The van der Waals surface area contributed by atoms with Gasteiger partial charge >= 0.3 is 0 Å². The number of methoxy groups -OCH3 is 1. The minimum Gasteiger partial charge on any atom is -0.493 e. The van der Waals surface area contributed by atoms with Gasteiger partial charge in [-0.15, -0.1) is 0 Å². The summed E-state index contributed by atoms with van der Waals surface area (Å²) >= 11 is 0. The molecule has 3 rings (SSSR count). The minimum atomic E-state index is 0.572. The molecule has 0 saturated heterocycles. The maximum absolute atomic E-state index is 5.59. The van der Waals surface area contributed by atoms with E-state index in [0.717, 1.165) is 17.0 Å². The molecule has 2 aromatic carbocycles. The fourth-order valence-electron chi connectivity index (χ4n) is 2.20. The van der Waals surface area contributed by atoms with Gasteiger partial charge in [0.1, 0.15) is 0 Å². The molecule has 3 aromatic rings. The van der Waals surface area contributed by atoms with Crippen LogP contribution in [0, 0.1) is 0 Å². The Labute approximate surface area is 128 Å². The van der Waals surface area contributed by atoms with Gasteiger partial charge in [-0.05, 0) is 25.1 Å². The molecule has 0 aliphatic rings. The van der Waals surface area contributed by atoms with E-state index < -0.39 is 0 Å². The maximum atomic E-state index is 5.59. The smallest absolute Gasteiger partial charge is 0.181 e. The molecular weight excluding hydrogens is 278 g/mol. The van der Waals surface area contributed by atoms with E-state index in [1.54, 1.807) is 7.11 Å². The second-order valence-corrected chi connectivity index (χ2v) is 4.67. The zero-order valence-electron chi connectivity index (χ0n) is 12.5. The predicted octanol–water partition coefficient (Wildman–Crippen LogP) is 3.55. The molecule has 0 spiro atoms. The van der Waals surface area contributed by atoms with E-state index in [1.807, 2.05) is 55.5 Å². The summed E-state index contributed by atoms with van der Waals surface area (Å²) in [6.07, 6.45) is 0. The number of ether oxygens (including phenoxy) is 2. The molecule has 1 heterocycles. The summed E-state index contributed by atoms with van der Waals surface area (Å²) in [6.45, 7) is 2.51. The van der Waals surface area contributed by atoms with Crippen molar-refractivity contribution in [1.29, 1.82) is 0 Å². The van der Waals surface area contributed by atoms with Crippen LogP contribution in [0.25, 0.3) is 22.8 Å². The van der Waals surface area contributed by atoms with Crippen molar-refractivity contribution < 1.29 is 9.47 Å². The van der Waals surface area contributed by atoms with Crippen LogP contribution in [0.1, 0.15) is 6.92 Å². The second kappa shape index (κ2) is 6.30. The molecule has 1 aromatic heterocycles. The highest BCUT2D eigenvalue weighted by Crippen LogP contribution is 2.31. The lowest BCUT2D eigenvalue weighted by Crippen LogP contribution is -1.96. The average Bonchev–Trinajstić information content (AvgIpc) is 3.06. The first-order valence-corrected chi connectivity index (χ1v) is 7.11. The van der Waals surface area contributed by atoms with Crippen molar-refractivity contribution >= 4 is 0 Å². The molecule has 0 aliphatic carbocycles. The molecule has 0 atom stereocenters. The molecular formula is C17H17N3O2. The van der Waals surface area contributed by atoms with Gasteiger partial charge in [-0.2, -0.15) is 5.10 Å². The van der Waals surface area contributed by atoms with Gasteiger partial charge in [0, 0.05) is 11.1 Å². The molecule has 0 unspecified atom stereocenters. The number of aromatic amines is 1. The van der Waals surface area contributed by atoms with E-state index in [1.165, 1.54) is 0 Å². The van der Waals surface area contributed by atoms with Crippen LogP contribution < -0.4 is 9.47 Å². The minimum absolute atomic E-state index is 0.572. The molecule has 0 bridgehead atoms. The van der Waals surface area contributed by atoms with Crippen molar-refractivity contribution in [1.82, 2.24) is 15.2 Å². The topological polar surface area (TPSA) is 60.0 Å². The SMILES string of the molecule is CCOc1cc(-c2n[nH]c(-c3ccccc3)n2)ccc1OC. The van der Waals surface area contributed by atoms with Crippen molar-refractivity contribution in [2.75, 3.05) is 13.7 Å². The summed E-state index contributed by atoms with van der Waals surface area (Å²) in [5.74, 6) is 2.75. The lowest BCUT2D eigenvalue weighted by Gasteiger charge is -2.09. The van der Waals surface area contributed by atoms with E-state index in [9.17, 15) is 0 Å². The van der Waals surface area contributed by atoms with Gasteiger partial charge in [-0.25, -0.2) is 4.98 Å². The Morgan fingerprint density at radius 1 is 1.00 bits per heavy atom. The van der Waals surface area contributed by atoms with Crippen molar-refractivity contribution in [3.63, 3.8) is 0 Å². The highest BCUT2D eigenvalue weighted by Gasteiger charge is 2.11. The first-order chi connectivity index (χ1) is 10.8.